The van der Waals surface area contributed by atoms with Gasteiger partial charge in [-0.1, -0.05) is 30.3 Å². The first kappa shape index (κ1) is 23.1. The van der Waals surface area contributed by atoms with Gasteiger partial charge in [0.1, 0.15) is 11.6 Å². The van der Waals surface area contributed by atoms with Crippen LogP contribution < -0.4 is 4.90 Å². The van der Waals surface area contributed by atoms with Gasteiger partial charge in [0.05, 0.1) is 18.0 Å². The van der Waals surface area contributed by atoms with Gasteiger partial charge in [0.2, 0.25) is 15.9 Å². The summed E-state index contributed by atoms with van der Waals surface area (Å²) < 4.78 is 27.1. The lowest BCUT2D eigenvalue weighted by Crippen LogP contribution is -2.38. The van der Waals surface area contributed by atoms with Crippen molar-refractivity contribution in [3.05, 3.63) is 53.5 Å². The predicted octanol–water partition coefficient (Wildman–Crippen LogP) is 2.23. The Kier molecular flexibility index (Phi) is 7.27. The minimum Gasteiger partial charge on any atom is -0.363 e. The van der Waals surface area contributed by atoms with Gasteiger partial charge in [-0.25, -0.2) is 18.4 Å². The van der Waals surface area contributed by atoms with Crippen molar-refractivity contribution in [2.45, 2.75) is 38.0 Å². The molecule has 8 nitrogen and oxygen atoms in total. The zero-order chi connectivity index (χ0) is 22.6. The van der Waals surface area contributed by atoms with Crippen LogP contribution in [0.1, 0.15) is 42.8 Å². The maximum Gasteiger partial charge on any atom is 0.219 e. The molecule has 0 bridgehead atoms. The molecule has 0 spiro atoms. The standard InChI is InChI=1S/C22H31N5O3S/c1-17(28)27-12-8-11-19(14-27)22-23-20(13-21(24-22)25(2)3)15-26(4)31(29,30)16-18-9-6-5-7-10-18/h5-7,9-10,13,19H,8,11-12,14-16H2,1-4H3. The van der Waals surface area contributed by atoms with Crippen molar-refractivity contribution < 1.29 is 13.2 Å². The highest BCUT2D eigenvalue weighted by atomic mass is 32.2. The summed E-state index contributed by atoms with van der Waals surface area (Å²) in [6.45, 7) is 3.09. The molecule has 1 aromatic carbocycles. The van der Waals surface area contributed by atoms with Crippen molar-refractivity contribution in [2.75, 3.05) is 39.1 Å². The van der Waals surface area contributed by atoms with Gasteiger partial charge in [-0.2, -0.15) is 4.31 Å². The summed E-state index contributed by atoms with van der Waals surface area (Å²) in [5.74, 6) is 1.44. The fraction of sp³-hybridized carbons (Fsp3) is 0.500. The Hall–Kier alpha value is -2.52. The highest BCUT2D eigenvalue weighted by Crippen LogP contribution is 2.26. The van der Waals surface area contributed by atoms with E-state index in [0.29, 0.717) is 18.1 Å². The molecule has 1 amide bonds. The number of piperidine rings is 1. The number of aromatic nitrogens is 2. The van der Waals surface area contributed by atoms with Crippen LogP contribution in [0.25, 0.3) is 0 Å². The van der Waals surface area contributed by atoms with E-state index >= 15 is 0 Å². The SMILES string of the molecule is CC(=O)N1CCCC(c2nc(CN(C)S(=O)(=O)Cc3ccccc3)cc(N(C)C)n2)C1. The Morgan fingerprint density at radius 1 is 1.16 bits per heavy atom. The third kappa shape index (κ3) is 6.01. The minimum absolute atomic E-state index is 0.0440. The normalized spacial score (nSPS) is 17.1. The summed E-state index contributed by atoms with van der Waals surface area (Å²) in [6.07, 6.45) is 1.81. The van der Waals surface area contributed by atoms with E-state index in [-0.39, 0.29) is 24.1 Å². The highest BCUT2D eigenvalue weighted by molar-refractivity contribution is 7.88. The van der Waals surface area contributed by atoms with Crippen LogP contribution in [0.5, 0.6) is 0 Å². The molecule has 1 unspecified atom stereocenters. The topological polar surface area (TPSA) is 86.7 Å². The number of likely N-dealkylation sites (tertiary alicyclic amines) is 1. The van der Waals surface area contributed by atoms with Crippen LogP contribution in [0, 0.1) is 0 Å². The Morgan fingerprint density at radius 3 is 2.52 bits per heavy atom. The highest BCUT2D eigenvalue weighted by Gasteiger charge is 2.26. The number of hydrogen-bond acceptors (Lipinski definition) is 6. The third-order valence-corrected chi connectivity index (χ3v) is 7.30. The number of amides is 1. The quantitative estimate of drug-likeness (QED) is 0.650. The second-order valence-corrected chi connectivity index (χ2v) is 10.3. The molecular weight excluding hydrogens is 414 g/mol. The van der Waals surface area contributed by atoms with Gasteiger partial charge in [-0.15, -0.1) is 0 Å². The van der Waals surface area contributed by atoms with Crippen molar-refractivity contribution in [3.63, 3.8) is 0 Å². The first-order valence-corrected chi connectivity index (χ1v) is 12.1. The molecule has 1 aromatic heterocycles. The van der Waals surface area contributed by atoms with Crippen LogP contribution in [-0.4, -0.2) is 67.7 Å². The molecule has 3 rings (SSSR count). The molecule has 1 atom stereocenters. The van der Waals surface area contributed by atoms with Crippen molar-refractivity contribution >= 4 is 21.7 Å². The number of hydrogen-bond donors (Lipinski definition) is 0. The molecule has 0 saturated carbocycles. The Bertz CT molecular complexity index is 1010. The molecule has 0 aliphatic carbocycles. The van der Waals surface area contributed by atoms with E-state index in [1.165, 1.54) is 4.31 Å². The zero-order valence-corrected chi connectivity index (χ0v) is 19.5. The number of carbonyl (C=O) groups is 1. The lowest BCUT2D eigenvalue weighted by Gasteiger charge is -2.31. The molecule has 0 radical (unpaired) electrons. The van der Waals surface area contributed by atoms with Crippen molar-refractivity contribution in [1.82, 2.24) is 19.2 Å². The van der Waals surface area contributed by atoms with E-state index in [9.17, 15) is 13.2 Å². The Morgan fingerprint density at radius 2 is 1.87 bits per heavy atom. The first-order valence-electron chi connectivity index (χ1n) is 10.4. The summed E-state index contributed by atoms with van der Waals surface area (Å²) in [5, 5.41) is 0. The maximum absolute atomic E-state index is 12.9. The van der Waals surface area contributed by atoms with Crippen LogP contribution in [0.2, 0.25) is 0 Å². The predicted molar refractivity (Wildman–Crippen MR) is 121 cm³/mol. The van der Waals surface area contributed by atoms with Gasteiger partial charge in [0, 0.05) is 53.1 Å². The van der Waals surface area contributed by atoms with Gasteiger partial charge >= 0.3 is 0 Å². The molecule has 1 saturated heterocycles. The summed E-state index contributed by atoms with van der Waals surface area (Å²) in [7, 11) is 1.88. The molecule has 2 heterocycles. The zero-order valence-electron chi connectivity index (χ0n) is 18.7. The van der Waals surface area contributed by atoms with Crippen LogP contribution in [0.4, 0.5) is 5.82 Å². The van der Waals surface area contributed by atoms with E-state index in [1.54, 1.807) is 14.0 Å². The van der Waals surface area contributed by atoms with Crippen LogP contribution in [-0.2, 0) is 27.1 Å². The van der Waals surface area contributed by atoms with E-state index in [4.69, 9.17) is 9.97 Å². The third-order valence-electron chi connectivity index (χ3n) is 5.52. The summed E-state index contributed by atoms with van der Waals surface area (Å²) in [6, 6.07) is 11.0. The monoisotopic (exact) mass is 445 g/mol. The number of benzene rings is 1. The van der Waals surface area contributed by atoms with Crippen molar-refractivity contribution in [2.24, 2.45) is 0 Å². The second kappa shape index (κ2) is 9.74. The number of carbonyl (C=O) groups excluding carboxylic acids is 1. The number of anilines is 1. The molecule has 1 fully saturated rings. The van der Waals surface area contributed by atoms with E-state index in [1.807, 2.05) is 60.3 Å². The largest absolute Gasteiger partial charge is 0.363 e. The lowest BCUT2D eigenvalue weighted by atomic mass is 9.97. The van der Waals surface area contributed by atoms with Gasteiger partial charge in [0.25, 0.3) is 0 Å². The Balaban J connectivity index is 1.82. The van der Waals surface area contributed by atoms with Gasteiger partial charge < -0.3 is 9.80 Å². The summed E-state index contributed by atoms with van der Waals surface area (Å²) >= 11 is 0. The molecule has 9 heteroatoms. The fourth-order valence-electron chi connectivity index (χ4n) is 3.69. The van der Waals surface area contributed by atoms with Gasteiger partial charge in [0.15, 0.2) is 0 Å². The minimum atomic E-state index is -3.50. The van der Waals surface area contributed by atoms with E-state index in [2.05, 4.69) is 0 Å². The molecule has 1 aliphatic rings. The van der Waals surface area contributed by atoms with Crippen LogP contribution >= 0.6 is 0 Å². The molecule has 168 valence electrons. The maximum atomic E-state index is 12.9. The fourth-order valence-corrected chi connectivity index (χ4v) is 4.85. The number of rotatable bonds is 7. The van der Waals surface area contributed by atoms with Crippen LogP contribution in [0.3, 0.4) is 0 Å². The van der Waals surface area contributed by atoms with Gasteiger partial charge in [-0.05, 0) is 18.4 Å². The molecule has 0 N–H and O–H groups in total. The van der Waals surface area contributed by atoms with E-state index in [0.717, 1.165) is 30.8 Å². The van der Waals surface area contributed by atoms with Crippen molar-refractivity contribution in [3.8, 4) is 0 Å². The number of nitrogens with zero attached hydrogens (tertiary/aromatic N) is 5. The smallest absolute Gasteiger partial charge is 0.219 e. The summed E-state index contributed by atoms with van der Waals surface area (Å²) in [4.78, 5) is 25.0. The first-order chi connectivity index (χ1) is 14.7. The van der Waals surface area contributed by atoms with Crippen LogP contribution in [0.15, 0.2) is 36.4 Å². The van der Waals surface area contributed by atoms with E-state index < -0.39 is 10.0 Å². The summed E-state index contributed by atoms with van der Waals surface area (Å²) in [5.41, 5.74) is 1.39. The average molecular weight is 446 g/mol. The molecular formula is C22H31N5O3S. The number of sulfonamides is 1. The second-order valence-electron chi connectivity index (χ2n) is 8.27. The van der Waals surface area contributed by atoms with Gasteiger partial charge in [-0.3, -0.25) is 4.79 Å². The van der Waals surface area contributed by atoms with Crippen molar-refractivity contribution in [1.29, 1.82) is 0 Å². The Labute approximate surface area is 185 Å². The molecule has 2 aromatic rings. The molecule has 31 heavy (non-hydrogen) atoms. The lowest BCUT2D eigenvalue weighted by molar-refractivity contribution is -0.130. The molecule has 1 aliphatic heterocycles. The average Bonchev–Trinajstić information content (AvgIpc) is 2.74.